The highest BCUT2D eigenvalue weighted by Gasteiger charge is 2.25. The molecule has 0 aromatic heterocycles. The summed E-state index contributed by atoms with van der Waals surface area (Å²) in [6, 6.07) is 4.59. The van der Waals surface area contributed by atoms with Crippen molar-refractivity contribution in [2.75, 3.05) is 19.7 Å². The maximum absolute atomic E-state index is 13.5. The summed E-state index contributed by atoms with van der Waals surface area (Å²) >= 11 is 0. The fourth-order valence-corrected chi connectivity index (χ4v) is 3.01. The van der Waals surface area contributed by atoms with Crippen LogP contribution in [0.4, 0.5) is 4.39 Å². The average molecular weight is 351 g/mol. The molecule has 5 nitrogen and oxygen atoms in total. The van der Waals surface area contributed by atoms with Crippen LogP contribution in [0.25, 0.3) is 0 Å². The van der Waals surface area contributed by atoms with E-state index in [-0.39, 0.29) is 17.1 Å². The van der Waals surface area contributed by atoms with Gasteiger partial charge in [-0.15, -0.1) is 0 Å². The smallest absolute Gasteiger partial charge is 0.312 e. The van der Waals surface area contributed by atoms with Crippen LogP contribution in [0.3, 0.4) is 0 Å². The molecule has 25 heavy (non-hydrogen) atoms. The fraction of sp³-hybridized carbons (Fsp3) is 0.579. The molecule has 0 radical (unpaired) electrons. The second-order valence-electron chi connectivity index (χ2n) is 7.60. The molecule has 1 aliphatic heterocycles. The standard InChI is InChI=1S/C19H26FNO4/c1-19(2,3)15-10-14(20)4-5-16(15)25-12-13-6-8-21(9-7-13)17(22)11-18(23)24/h4-5,10,13H,6-9,11-12H2,1-3H3,(H,23,24). The van der Waals surface area contributed by atoms with Crippen LogP contribution >= 0.6 is 0 Å². The van der Waals surface area contributed by atoms with Gasteiger partial charge in [0.05, 0.1) is 6.61 Å². The quantitative estimate of drug-likeness (QED) is 0.827. The van der Waals surface area contributed by atoms with Crippen molar-refractivity contribution in [3.63, 3.8) is 0 Å². The van der Waals surface area contributed by atoms with Crippen LogP contribution < -0.4 is 4.74 Å². The molecule has 1 N–H and O–H groups in total. The Kier molecular flexibility index (Phi) is 6.03. The fourth-order valence-electron chi connectivity index (χ4n) is 3.01. The van der Waals surface area contributed by atoms with Gasteiger partial charge in [0.25, 0.3) is 0 Å². The number of ether oxygens (including phenoxy) is 1. The van der Waals surface area contributed by atoms with Crippen molar-refractivity contribution in [3.8, 4) is 5.75 Å². The van der Waals surface area contributed by atoms with Gasteiger partial charge in [-0.2, -0.15) is 0 Å². The zero-order valence-corrected chi connectivity index (χ0v) is 15.0. The number of piperidine rings is 1. The predicted molar refractivity (Wildman–Crippen MR) is 92.2 cm³/mol. The average Bonchev–Trinajstić information content (AvgIpc) is 2.52. The molecule has 0 aliphatic carbocycles. The Morgan fingerprint density at radius 1 is 1.28 bits per heavy atom. The number of carbonyl (C=O) groups excluding carboxylic acids is 1. The number of benzene rings is 1. The number of amides is 1. The van der Waals surface area contributed by atoms with Gasteiger partial charge in [-0.05, 0) is 42.4 Å². The van der Waals surface area contributed by atoms with Gasteiger partial charge in [-0.3, -0.25) is 9.59 Å². The lowest BCUT2D eigenvalue weighted by Crippen LogP contribution is -2.40. The number of likely N-dealkylation sites (tertiary alicyclic amines) is 1. The molecule has 1 heterocycles. The van der Waals surface area contributed by atoms with Crippen LogP contribution in [0.5, 0.6) is 5.75 Å². The summed E-state index contributed by atoms with van der Waals surface area (Å²) in [4.78, 5) is 24.0. The minimum absolute atomic E-state index is 0.218. The summed E-state index contributed by atoms with van der Waals surface area (Å²) in [5.41, 5.74) is 0.617. The van der Waals surface area contributed by atoms with Gasteiger partial charge in [-0.25, -0.2) is 4.39 Å². The molecule has 0 spiro atoms. The summed E-state index contributed by atoms with van der Waals surface area (Å²) in [7, 11) is 0. The van der Waals surface area contributed by atoms with E-state index in [1.165, 1.54) is 12.1 Å². The lowest BCUT2D eigenvalue weighted by Gasteiger charge is -2.32. The largest absolute Gasteiger partial charge is 0.493 e. The van der Waals surface area contributed by atoms with E-state index >= 15 is 0 Å². The number of carboxylic acids is 1. The van der Waals surface area contributed by atoms with E-state index < -0.39 is 12.4 Å². The van der Waals surface area contributed by atoms with Crippen molar-refractivity contribution in [2.45, 2.75) is 45.4 Å². The van der Waals surface area contributed by atoms with E-state index in [1.54, 1.807) is 11.0 Å². The first-order valence-electron chi connectivity index (χ1n) is 8.59. The Morgan fingerprint density at radius 2 is 1.92 bits per heavy atom. The number of aliphatic carboxylic acids is 1. The maximum Gasteiger partial charge on any atom is 0.312 e. The van der Waals surface area contributed by atoms with Crippen molar-refractivity contribution < 1.29 is 23.8 Å². The molecule has 1 saturated heterocycles. The Balaban J connectivity index is 1.90. The lowest BCUT2D eigenvalue weighted by atomic mass is 9.86. The highest BCUT2D eigenvalue weighted by atomic mass is 19.1. The third-order valence-electron chi connectivity index (χ3n) is 4.49. The third kappa shape index (κ3) is 5.44. The maximum atomic E-state index is 13.5. The van der Waals surface area contributed by atoms with Crippen LogP contribution in [-0.4, -0.2) is 41.6 Å². The summed E-state index contributed by atoms with van der Waals surface area (Å²) in [6.45, 7) is 7.66. The zero-order chi connectivity index (χ0) is 18.6. The van der Waals surface area contributed by atoms with Crippen molar-refractivity contribution in [2.24, 2.45) is 5.92 Å². The van der Waals surface area contributed by atoms with Crippen molar-refractivity contribution in [1.29, 1.82) is 0 Å². The first-order chi connectivity index (χ1) is 11.7. The van der Waals surface area contributed by atoms with Crippen molar-refractivity contribution in [3.05, 3.63) is 29.6 Å². The van der Waals surface area contributed by atoms with Gasteiger partial charge >= 0.3 is 5.97 Å². The van der Waals surface area contributed by atoms with Crippen molar-refractivity contribution in [1.82, 2.24) is 4.90 Å². The first kappa shape index (κ1) is 19.2. The normalized spacial score (nSPS) is 15.9. The van der Waals surface area contributed by atoms with Gasteiger partial charge in [0.2, 0.25) is 5.91 Å². The SMILES string of the molecule is CC(C)(C)c1cc(F)ccc1OCC1CCN(C(=O)CC(=O)O)CC1. The number of carboxylic acid groups (broad SMARTS) is 1. The molecule has 2 rings (SSSR count). The molecule has 1 amide bonds. The highest BCUT2D eigenvalue weighted by Crippen LogP contribution is 2.32. The van der Waals surface area contributed by atoms with E-state index in [1.807, 2.05) is 20.8 Å². The van der Waals surface area contributed by atoms with E-state index in [0.29, 0.717) is 31.4 Å². The number of nitrogens with zero attached hydrogens (tertiary/aromatic N) is 1. The van der Waals surface area contributed by atoms with E-state index in [2.05, 4.69) is 0 Å². The van der Waals surface area contributed by atoms with Gasteiger partial charge in [0.1, 0.15) is 18.0 Å². The minimum atomic E-state index is -1.10. The molecule has 138 valence electrons. The van der Waals surface area contributed by atoms with Gasteiger partial charge in [0, 0.05) is 18.7 Å². The second-order valence-corrected chi connectivity index (χ2v) is 7.60. The molecule has 1 aromatic rings. The van der Waals surface area contributed by atoms with E-state index in [4.69, 9.17) is 9.84 Å². The van der Waals surface area contributed by atoms with Crippen LogP contribution in [-0.2, 0) is 15.0 Å². The third-order valence-corrected chi connectivity index (χ3v) is 4.49. The molecule has 6 heteroatoms. The van der Waals surface area contributed by atoms with E-state index in [9.17, 15) is 14.0 Å². The summed E-state index contributed by atoms with van der Waals surface area (Å²) < 4.78 is 19.5. The Labute approximate surface area is 147 Å². The summed E-state index contributed by atoms with van der Waals surface area (Å²) in [6.07, 6.45) is 1.10. The molecular formula is C19H26FNO4. The van der Waals surface area contributed by atoms with E-state index in [0.717, 1.165) is 18.4 Å². The first-order valence-corrected chi connectivity index (χ1v) is 8.59. The molecule has 0 saturated carbocycles. The predicted octanol–water partition coefficient (Wildman–Crippen LogP) is 3.22. The molecular weight excluding hydrogens is 325 g/mol. The van der Waals surface area contributed by atoms with Gasteiger partial charge in [-0.1, -0.05) is 20.8 Å². The minimum Gasteiger partial charge on any atom is -0.493 e. The van der Waals surface area contributed by atoms with Crippen molar-refractivity contribution >= 4 is 11.9 Å². The number of hydrogen-bond acceptors (Lipinski definition) is 3. The van der Waals surface area contributed by atoms with Crippen LogP contribution in [0.1, 0.15) is 45.6 Å². The Hall–Kier alpha value is -2.11. The Morgan fingerprint density at radius 3 is 2.48 bits per heavy atom. The molecule has 0 unspecified atom stereocenters. The topological polar surface area (TPSA) is 66.8 Å². The zero-order valence-electron chi connectivity index (χ0n) is 15.0. The number of hydrogen-bond donors (Lipinski definition) is 1. The molecule has 1 aliphatic rings. The molecule has 0 bridgehead atoms. The Bertz CT molecular complexity index is 631. The van der Waals surface area contributed by atoms with Crippen LogP contribution in [0.2, 0.25) is 0 Å². The monoisotopic (exact) mass is 351 g/mol. The second kappa shape index (κ2) is 7.85. The summed E-state index contributed by atoms with van der Waals surface area (Å²) in [5.74, 6) is -0.713. The van der Waals surface area contributed by atoms with Gasteiger partial charge < -0.3 is 14.7 Å². The highest BCUT2D eigenvalue weighted by molar-refractivity contribution is 5.93. The molecule has 1 fully saturated rings. The van der Waals surface area contributed by atoms with Crippen LogP contribution in [0.15, 0.2) is 18.2 Å². The summed E-state index contributed by atoms with van der Waals surface area (Å²) in [5, 5.41) is 8.69. The molecule has 0 atom stereocenters. The number of rotatable bonds is 5. The molecule has 1 aromatic carbocycles. The van der Waals surface area contributed by atoms with Crippen LogP contribution in [0, 0.1) is 11.7 Å². The number of carbonyl (C=O) groups is 2. The number of halogens is 1. The van der Waals surface area contributed by atoms with Gasteiger partial charge in [0.15, 0.2) is 0 Å². The lowest BCUT2D eigenvalue weighted by molar-refractivity contribution is -0.144.